The SMILES string of the molecule is CC(C)c1ccc(OCc2ccco2)c(-c2ccc(F)cc2)c1/C=C/C(O)CC(O)CC(=O)[O-].[Na+]. The van der Waals surface area contributed by atoms with Crippen LogP contribution in [0.2, 0.25) is 0 Å². The van der Waals surface area contributed by atoms with Crippen molar-refractivity contribution in [2.45, 2.75) is 51.4 Å². The Morgan fingerprint density at radius 1 is 1.14 bits per heavy atom. The fraction of sp³-hybridized carbons (Fsp3) is 0.296. The molecule has 0 saturated carbocycles. The number of aliphatic hydroxyl groups excluding tert-OH is 2. The summed E-state index contributed by atoms with van der Waals surface area (Å²) in [5, 5.41) is 30.9. The Hall–Kier alpha value is -2.42. The van der Waals surface area contributed by atoms with E-state index in [9.17, 15) is 24.5 Å². The van der Waals surface area contributed by atoms with Crippen LogP contribution in [0.15, 0.2) is 65.3 Å². The Morgan fingerprint density at radius 3 is 2.46 bits per heavy atom. The maximum absolute atomic E-state index is 13.7. The van der Waals surface area contributed by atoms with Crippen molar-refractivity contribution < 1.29 is 63.2 Å². The largest absolute Gasteiger partial charge is 1.00 e. The van der Waals surface area contributed by atoms with E-state index in [1.54, 1.807) is 36.6 Å². The van der Waals surface area contributed by atoms with Crippen molar-refractivity contribution >= 4 is 12.0 Å². The number of carbonyl (C=O) groups is 1. The van der Waals surface area contributed by atoms with E-state index < -0.39 is 24.6 Å². The summed E-state index contributed by atoms with van der Waals surface area (Å²) in [7, 11) is 0. The molecular formula is C27H28FNaO6. The predicted octanol–water partition coefficient (Wildman–Crippen LogP) is 1.06. The number of furan rings is 1. The fourth-order valence-corrected chi connectivity index (χ4v) is 3.72. The zero-order chi connectivity index (χ0) is 24.7. The van der Waals surface area contributed by atoms with Crippen LogP contribution in [0, 0.1) is 5.82 Å². The van der Waals surface area contributed by atoms with Gasteiger partial charge in [-0.05, 0) is 52.9 Å². The molecule has 0 saturated heterocycles. The number of carbonyl (C=O) groups excluding carboxylic acids is 1. The van der Waals surface area contributed by atoms with Crippen LogP contribution in [0.5, 0.6) is 5.75 Å². The molecule has 3 rings (SSSR count). The van der Waals surface area contributed by atoms with Gasteiger partial charge in [0.15, 0.2) is 0 Å². The molecule has 8 heteroatoms. The Bertz CT molecular complexity index is 1110. The number of benzene rings is 2. The molecule has 2 aromatic carbocycles. The molecule has 35 heavy (non-hydrogen) atoms. The van der Waals surface area contributed by atoms with Crippen LogP contribution in [0.4, 0.5) is 4.39 Å². The minimum absolute atomic E-state index is 0. The molecule has 1 aromatic heterocycles. The number of carboxylic acid groups (broad SMARTS) is 1. The van der Waals surface area contributed by atoms with E-state index >= 15 is 0 Å². The van der Waals surface area contributed by atoms with E-state index in [1.807, 2.05) is 26.0 Å². The van der Waals surface area contributed by atoms with Gasteiger partial charge in [0.05, 0.1) is 18.5 Å². The van der Waals surface area contributed by atoms with Gasteiger partial charge in [-0.15, -0.1) is 0 Å². The van der Waals surface area contributed by atoms with Crippen LogP contribution in [0.25, 0.3) is 17.2 Å². The van der Waals surface area contributed by atoms with Gasteiger partial charge < -0.3 is 29.3 Å². The van der Waals surface area contributed by atoms with Gasteiger partial charge in [-0.3, -0.25) is 0 Å². The van der Waals surface area contributed by atoms with Gasteiger partial charge >= 0.3 is 29.6 Å². The van der Waals surface area contributed by atoms with Crippen molar-refractivity contribution in [3.63, 3.8) is 0 Å². The van der Waals surface area contributed by atoms with Crippen LogP contribution in [-0.2, 0) is 11.4 Å². The molecule has 0 bridgehead atoms. The Labute approximate surface area is 226 Å². The third kappa shape index (κ3) is 8.33. The first-order valence-corrected chi connectivity index (χ1v) is 11.1. The number of ether oxygens (including phenoxy) is 1. The molecule has 180 valence electrons. The molecule has 6 nitrogen and oxygen atoms in total. The molecule has 0 aliphatic carbocycles. The summed E-state index contributed by atoms with van der Waals surface area (Å²) in [6.07, 6.45) is 1.78. The number of hydrogen-bond donors (Lipinski definition) is 2. The summed E-state index contributed by atoms with van der Waals surface area (Å²) in [6, 6.07) is 13.4. The Morgan fingerprint density at radius 2 is 1.86 bits per heavy atom. The zero-order valence-corrected chi connectivity index (χ0v) is 22.1. The van der Waals surface area contributed by atoms with Crippen molar-refractivity contribution in [1.82, 2.24) is 0 Å². The van der Waals surface area contributed by atoms with Crippen molar-refractivity contribution in [2.24, 2.45) is 0 Å². The molecular weight excluding hydrogens is 462 g/mol. The van der Waals surface area contributed by atoms with E-state index in [0.29, 0.717) is 11.5 Å². The fourth-order valence-electron chi connectivity index (χ4n) is 3.72. The van der Waals surface area contributed by atoms with E-state index in [-0.39, 0.29) is 54.3 Å². The number of carboxylic acids is 1. The third-order valence-corrected chi connectivity index (χ3v) is 5.35. The minimum atomic E-state index is -1.38. The smallest absolute Gasteiger partial charge is 0.550 e. The quantitative estimate of drug-likeness (QED) is 0.390. The standard InChI is InChI=1S/C27H29FO6.Na/c1-17(2)23-11-12-25(34-16-22-4-3-13-33-22)27(18-5-7-19(28)8-6-18)24(23)10-9-20(29)14-21(30)15-26(31)32;/h3-13,17,20-21,29-30H,14-16H2,1-2H3,(H,31,32);/q;+1/p-1/b10-9+;. The summed E-state index contributed by atoms with van der Waals surface area (Å²) in [5.41, 5.74) is 3.19. The van der Waals surface area contributed by atoms with Crippen molar-refractivity contribution in [1.29, 1.82) is 0 Å². The van der Waals surface area contributed by atoms with E-state index in [0.717, 1.165) is 22.3 Å². The van der Waals surface area contributed by atoms with E-state index in [2.05, 4.69) is 0 Å². The van der Waals surface area contributed by atoms with Gasteiger partial charge in [-0.2, -0.15) is 0 Å². The van der Waals surface area contributed by atoms with Crippen molar-refractivity contribution in [3.8, 4) is 16.9 Å². The first-order chi connectivity index (χ1) is 16.2. The van der Waals surface area contributed by atoms with Gasteiger partial charge in [0, 0.05) is 24.4 Å². The van der Waals surface area contributed by atoms with Crippen LogP contribution in [-0.4, -0.2) is 28.4 Å². The maximum Gasteiger partial charge on any atom is 1.00 e. The normalized spacial score (nSPS) is 13.0. The molecule has 0 aliphatic heterocycles. The molecule has 2 unspecified atom stereocenters. The van der Waals surface area contributed by atoms with E-state index in [4.69, 9.17) is 9.15 Å². The van der Waals surface area contributed by atoms with Crippen molar-refractivity contribution in [3.05, 3.63) is 83.6 Å². The second-order valence-corrected chi connectivity index (χ2v) is 8.36. The Kier molecular flexibility index (Phi) is 11.2. The average molecular weight is 491 g/mol. The zero-order valence-electron chi connectivity index (χ0n) is 20.1. The first kappa shape index (κ1) is 28.8. The monoisotopic (exact) mass is 490 g/mol. The molecule has 1 heterocycles. The number of aliphatic hydroxyl groups is 2. The van der Waals surface area contributed by atoms with Gasteiger partial charge in [0.2, 0.25) is 0 Å². The molecule has 0 aliphatic rings. The summed E-state index contributed by atoms with van der Waals surface area (Å²) >= 11 is 0. The maximum atomic E-state index is 13.7. The molecule has 0 spiro atoms. The topological polar surface area (TPSA) is 103 Å². The predicted molar refractivity (Wildman–Crippen MR) is 124 cm³/mol. The number of halogens is 1. The van der Waals surface area contributed by atoms with Crippen LogP contribution < -0.4 is 39.4 Å². The van der Waals surface area contributed by atoms with Crippen LogP contribution in [0.1, 0.15) is 49.5 Å². The molecule has 2 N–H and O–H groups in total. The molecule has 3 aromatic rings. The summed E-state index contributed by atoms with van der Waals surface area (Å²) in [5.74, 6) is -0.424. The summed E-state index contributed by atoms with van der Waals surface area (Å²) in [4.78, 5) is 10.7. The summed E-state index contributed by atoms with van der Waals surface area (Å²) < 4.78 is 25.1. The van der Waals surface area contributed by atoms with Crippen molar-refractivity contribution in [2.75, 3.05) is 0 Å². The van der Waals surface area contributed by atoms with Gasteiger partial charge in [0.1, 0.15) is 23.9 Å². The van der Waals surface area contributed by atoms with Gasteiger partial charge in [0.25, 0.3) is 0 Å². The molecule has 0 radical (unpaired) electrons. The van der Waals surface area contributed by atoms with Gasteiger partial charge in [-0.1, -0.05) is 44.2 Å². The van der Waals surface area contributed by atoms with E-state index in [1.165, 1.54) is 18.2 Å². The minimum Gasteiger partial charge on any atom is -0.550 e. The van der Waals surface area contributed by atoms with Crippen LogP contribution in [0.3, 0.4) is 0 Å². The number of aliphatic carboxylic acids is 1. The summed E-state index contributed by atoms with van der Waals surface area (Å²) in [6.45, 7) is 4.26. The first-order valence-electron chi connectivity index (χ1n) is 11.1. The van der Waals surface area contributed by atoms with Crippen LogP contribution >= 0.6 is 0 Å². The Balaban J connectivity index is 0.00000432. The molecule has 0 fully saturated rings. The third-order valence-electron chi connectivity index (χ3n) is 5.35. The van der Waals surface area contributed by atoms with Gasteiger partial charge in [-0.25, -0.2) is 4.39 Å². The molecule has 0 amide bonds. The number of rotatable bonds is 11. The second-order valence-electron chi connectivity index (χ2n) is 8.36. The second kappa shape index (κ2) is 13.6. The molecule has 2 atom stereocenters. The average Bonchev–Trinajstić information content (AvgIpc) is 3.29. The number of hydrogen-bond acceptors (Lipinski definition) is 6.